The number of Topliss-reactive ketones (excluding diaryl/α,β-unsaturated/α-hetero) is 1. The standard InChI is InChI=1S/C29H32N2O3.CH3Cl/c1-2-22-18-19-31(20-26(32)23-12-6-3-7-13-23)21-27(22)34-29(33)28(24-14-8-4-9-15-24)30-25-16-10-5-11-17-25;1-2/h3-17,22,27-28,30H,2,18-21H2,1H3;1H3/p+1/t22?,27-,28?;/m1./s1. The summed E-state index contributed by atoms with van der Waals surface area (Å²) in [6.45, 7) is 4.12. The van der Waals surface area contributed by atoms with Crippen molar-refractivity contribution in [3.8, 4) is 0 Å². The van der Waals surface area contributed by atoms with Crippen molar-refractivity contribution in [2.24, 2.45) is 5.92 Å². The topological polar surface area (TPSA) is 59.8 Å². The van der Waals surface area contributed by atoms with Crippen molar-refractivity contribution in [2.75, 3.05) is 31.3 Å². The predicted molar refractivity (Wildman–Crippen MR) is 146 cm³/mol. The number of halogens is 1. The van der Waals surface area contributed by atoms with Gasteiger partial charge in [0.15, 0.2) is 12.1 Å². The molecule has 1 heterocycles. The molecule has 1 saturated heterocycles. The smallest absolute Gasteiger partial charge is 0.333 e. The average Bonchev–Trinajstić information content (AvgIpc) is 2.94. The van der Waals surface area contributed by atoms with Crippen LogP contribution in [0.5, 0.6) is 0 Å². The number of carbonyl (C=O) groups excluding carboxylic acids is 2. The summed E-state index contributed by atoms with van der Waals surface area (Å²) < 4.78 is 6.17. The van der Waals surface area contributed by atoms with Gasteiger partial charge < -0.3 is 15.0 Å². The zero-order chi connectivity index (χ0) is 25.8. The number of benzene rings is 3. The number of piperidine rings is 1. The van der Waals surface area contributed by atoms with Crippen LogP contribution in [0.4, 0.5) is 5.69 Å². The van der Waals surface area contributed by atoms with E-state index in [0.29, 0.717) is 19.0 Å². The summed E-state index contributed by atoms with van der Waals surface area (Å²) in [5.74, 6) is 0.144. The normalized spacial score (nSPS) is 19.8. The zero-order valence-electron chi connectivity index (χ0n) is 21.0. The summed E-state index contributed by atoms with van der Waals surface area (Å²) in [4.78, 5) is 27.4. The molecule has 0 aromatic heterocycles. The van der Waals surface area contributed by atoms with E-state index in [4.69, 9.17) is 4.74 Å². The molecular formula is C30H36ClN2O3+. The zero-order valence-corrected chi connectivity index (χ0v) is 21.8. The first kappa shape index (κ1) is 27.4. The molecule has 1 aliphatic rings. The minimum Gasteiger partial charge on any atom is -0.454 e. The highest BCUT2D eigenvalue weighted by Gasteiger charge is 2.36. The number of rotatable bonds is 9. The van der Waals surface area contributed by atoms with Gasteiger partial charge in [-0.25, -0.2) is 4.79 Å². The van der Waals surface area contributed by atoms with Gasteiger partial charge in [-0.05, 0) is 24.1 Å². The molecule has 1 aliphatic heterocycles. The van der Waals surface area contributed by atoms with E-state index in [1.54, 1.807) is 0 Å². The number of para-hydroxylation sites is 1. The predicted octanol–water partition coefficient (Wildman–Crippen LogP) is 4.80. The Labute approximate surface area is 219 Å². The fourth-order valence-corrected chi connectivity index (χ4v) is 4.69. The third-order valence-corrected chi connectivity index (χ3v) is 6.64. The third kappa shape index (κ3) is 7.67. The van der Waals surface area contributed by atoms with Crippen LogP contribution in [0, 0.1) is 5.92 Å². The lowest BCUT2D eigenvalue weighted by atomic mass is 9.91. The number of anilines is 1. The van der Waals surface area contributed by atoms with Crippen molar-refractivity contribution < 1.29 is 19.2 Å². The van der Waals surface area contributed by atoms with Gasteiger partial charge in [0.25, 0.3) is 0 Å². The maximum atomic E-state index is 13.5. The number of hydrogen-bond donors (Lipinski definition) is 2. The molecule has 5 nitrogen and oxygen atoms in total. The van der Waals surface area contributed by atoms with Crippen molar-refractivity contribution in [1.82, 2.24) is 0 Å². The quantitative estimate of drug-likeness (QED) is 0.248. The minimum atomic E-state index is -0.600. The van der Waals surface area contributed by atoms with Crippen LogP contribution in [0.3, 0.4) is 0 Å². The van der Waals surface area contributed by atoms with Gasteiger partial charge in [0.2, 0.25) is 5.78 Å². The second kappa shape index (κ2) is 14.4. The summed E-state index contributed by atoms with van der Waals surface area (Å²) >= 11 is 4.64. The van der Waals surface area contributed by atoms with E-state index in [1.165, 1.54) is 11.3 Å². The van der Waals surface area contributed by atoms with Gasteiger partial charge in [0.1, 0.15) is 13.1 Å². The van der Waals surface area contributed by atoms with Gasteiger partial charge in [-0.15, -0.1) is 11.6 Å². The highest BCUT2D eigenvalue weighted by atomic mass is 35.5. The number of likely N-dealkylation sites (tertiary alicyclic amines) is 1. The van der Waals surface area contributed by atoms with Crippen molar-refractivity contribution in [1.29, 1.82) is 0 Å². The van der Waals surface area contributed by atoms with E-state index >= 15 is 0 Å². The Morgan fingerprint density at radius 3 is 2.14 bits per heavy atom. The van der Waals surface area contributed by atoms with Gasteiger partial charge in [0.05, 0.1) is 6.54 Å². The summed E-state index contributed by atoms with van der Waals surface area (Å²) in [5, 5.41) is 3.35. The maximum Gasteiger partial charge on any atom is 0.333 e. The number of hydrogen-bond acceptors (Lipinski definition) is 4. The Morgan fingerprint density at radius 1 is 0.944 bits per heavy atom. The number of ketones is 1. The molecule has 4 rings (SSSR count). The molecule has 0 bridgehead atoms. The summed E-state index contributed by atoms with van der Waals surface area (Å²) in [7, 11) is 0. The summed E-state index contributed by atoms with van der Waals surface area (Å²) in [5.41, 5.74) is 2.46. The van der Waals surface area contributed by atoms with Crippen LogP contribution >= 0.6 is 11.6 Å². The Bertz CT molecular complexity index is 1060. The minimum absolute atomic E-state index is 0.128. The molecule has 0 spiro atoms. The van der Waals surface area contributed by atoms with Gasteiger partial charge in [-0.2, -0.15) is 0 Å². The van der Waals surface area contributed by atoms with Gasteiger partial charge in [-0.3, -0.25) is 4.79 Å². The number of ether oxygens (including phenoxy) is 1. The SMILES string of the molecule is CCC1CC[NH+](CC(=O)c2ccccc2)C[C@H]1OC(=O)C(Nc1ccccc1)c1ccccc1.CCl. The van der Waals surface area contributed by atoms with E-state index in [-0.39, 0.29) is 17.9 Å². The van der Waals surface area contributed by atoms with E-state index in [9.17, 15) is 9.59 Å². The third-order valence-electron chi connectivity index (χ3n) is 6.64. The maximum absolute atomic E-state index is 13.5. The lowest BCUT2D eigenvalue weighted by Gasteiger charge is -2.35. The van der Waals surface area contributed by atoms with Crippen LogP contribution < -0.4 is 10.2 Å². The van der Waals surface area contributed by atoms with Crippen molar-refractivity contribution in [3.05, 3.63) is 102 Å². The monoisotopic (exact) mass is 507 g/mol. The molecule has 3 aromatic rings. The van der Waals surface area contributed by atoms with Crippen LogP contribution in [0.1, 0.15) is 41.7 Å². The van der Waals surface area contributed by atoms with E-state index in [1.807, 2.05) is 91.0 Å². The Kier molecular flexibility index (Phi) is 11.0. The first-order valence-corrected chi connectivity index (χ1v) is 13.3. The van der Waals surface area contributed by atoms with Gasteiger partial charge in [-0.1, -0.05) is 85.8 Å². The number of carbonyl (C=O) groups is 2. The molecule has 36 heavy (non-hydrogen) atoms. The first-order valence-electron chi connectivity index (χ1n) is 12.5. The molecule has 0 amide bonds. The number of quaternary nitrogens is 1. The largest absolute Gasteiger partial charge is 0.454 e. The molecule has 0 saturated carbocycles. The fraction of sp³-hybridized carbons (Fsp3) is 0.333. The highest BCUT2D eigenvalue weighted by molar-refractivity contribution is 6.15. The Balaban J connectivity index is 0.00000176. The van der Waals surface area contributed by atoms with E-state index in [0.717, 1.165) is 36.2 Å². The molecule has 3 unspecified atom stereocenters. The summed E-state index contributed by atoms with van der Waals surface area (Å²) in [6, 6.07) is 28.2. The van der Waals surface area contributed by atoms with Crippen molar-refractivity contribution in [2.45, 2.75) is 31.9 Å². The van der Waals surface area contributed by atoms with Crippen LogP contribution in [0.25, 0.3) is 0 Å². The molecule has 3 aromatic carbocycles. The lowest BCUT2D eigenvalue weighted by Crippen LogP contribution is -3.15. The average molecular weight is 508 g/mol. The fourth-order valence-electron chi connectivity index (χ4n) is 4.69. The molecule has 0 radical (unpaired) electrons. The highest BCUT2D eigenvalue weighted by Crippen LogP contribution is 2.24. The number of esters is 1. The van der Waals surface area contributed by atoms with Gasteiger partial charge >= 0.3 is 5.97 Å². The van der Waals surface area contributed by atoms with E-state index < -0.39 is 6.04 Å². The second-order valence-electron chi connectivity index (χ2n) is 8.96. The van der Waals surface area contributed by atoms with Crippen molar-refractivity contribution in [3.63, 3.8) is 0 Å². The Morgan fingerprint density at radius 2 is 1.53 bits per heavy atom. The van der Waals surface area contributed by atoms with Crippen LogP contribution in [0.15, 0.2) is 91.0 Å². The molecule has 4 atom stereocenters. The van der Waals surface area contributed by atoms with Crippen LogP contribution in [-0.2, 0) is 9.53 Å². The Hall–Kier alpha value is -3.15. The molecule has 6 heteroatoms. The molecule has 190 valence electrons. The van der Waals surface area contributed by atoms with E-state index in [2.05, 4.69) is 23.8 Å². The molecule has 2 N–H and O–H groups in total. The van der Waals surface area contributed by atoms with Crippen LogP contribution in [-0.4, -0.2) is 43.9 Å². The van der Waals surface area contributed by atoms with Gasteiger partial charge in [0, 0.05) is 30.0 Å². The second-order valence-corrected chi connectivity index (χ2v) is 8.96. The lowest BCUT2D eigenvalue weighted by molar-refractivity contribution is -0.901. The number of alkyl halides is 1. The molecule has 1 fully saturated rings. The summed E-state index contributed by atoms with van der Waals surface area (Å²) in [6.07, 6.45) is 3.14. The van der Waals surface area contributed by atoms with Crippen LogP contribution in [0.2, 0.25) is 0 Å². The molecule has 0 aliphatic carbocycles. The molecular weight excluding hydrogens is 472 g/mol. The number of nitrogens with one attached hydrogen (secondary N) is 2. The first-order chi connectivity index (χ1) is 17.6. The van der Waals surface area contributed by atoms with Crippen molar-refractivity contribution >= 4 is 29.0 Å².